The van der Waals surface area contributed by atoms with Gasteiger partial charge in [0, 0.05) is 49.1 Å². The molecule has 4 heterocycles. The summed E-state index contributed by atoms with van der Waals surface area (Å²) in [7, 11) is 0. The van der Waals surface area contributed by atoms with Crippen molar-refractivity contribution in [2.45, 2.75) is 58.8 Å². The van der Waals surface area contributed by atoms with Crippen LogP contribution in [0.15, 0.2) is 19.0 Å². The first-order chi connectivity index (χ1) is 12.9. The molecule has 0 fully saturated rings. The number of aromatic nitrogens is 4. The Kier molecular flexibility index (Phi) is 4.34. The van der Waals surface area contributed by atoms with Gasteiger partial charge in [-0.25, -0.2) is 9.97 Å². The number of allylic oxidation sites excluding steroid dienone is 1. The standard InChI is InChI=1S/C20H26N6O/c1-11(2)19-22-7-15(8-23-19)14(5)25-10-13(4)26-18(20(25)27)16-9-21-12(3)6-17(16)24-26/h7-8,12-14,21H,1,6,9-10H2,2-5H3/t12-,13-,14?/m1/s1. The van der Waals surface area contributed by atoms with E-state index in [9.17, 15) is 4.79 Å². The fourth-order valence-corrected chi connectivity index (χ4v) is 3.92. The largest absolute Gasteiger partial charge is 0.328 e. The summed E-state index contributed by atoms with van der Waals surface area (Å²) in [6, 6.07) is 0.421. The van der Waals surface area contributed by atoms with Gasteiger partial charge >= 0.3 is 0 Å². The fourth-order valence-electron chi connectivity index (χ4n) is 3.92. The SMILES string of the molecule is C=C(C)c1ncc(C(C)N2C[C@@H](C)n3nc4c(c3C2=O)CN[C@H](C)C4)cn1. The number of hydrogen-bond donors (Lipinski definition) is 1. The van der Waals surface area contributed by atoms with Crippen LogP contribution in [0.2, 0.25) is 0 Å². The highest BCUT2D eigenvalue weighted by Gasteiger charge is 2.38. The maximum Gasteiger partial charge on any atom is 0.273 e. The van der Waals surface area contributed by atoms with Crippen molar-refractivity contribution in [3.63, 3.8) is 0 Å². The third-order valence-electron chi connectivity index (χ3n) is 5.56. The maximum absolute atomic E-state index is 13.3. The molecule has 0 aromatic carbocycles. The van der Waals surface area contributed by atoms with Crippen molar-refractivity contribution in [2.75, 3.05) is 6.54 Å². The summed E-state index contributed by atoms with van der Waals surface area (Å²) in [6.07, 6.45) is 4.45. The number of fused-ring (bicyclic) bond motifs is 3. The van der Waals surface area contributed by atoms with E-state index in [1.54, 1.807) is 12.4 Å². The molecule has 0 aliphatic carbocycles. The number of rotatable bonds is 3. The lowest BCUT2D eigenvalue weighted by atomic mass is 9.99. The predicted octanol–water partition coefficient (Wildman–Crippen LogP) is 2.52. The Morgan fingerprint density at radius 2 is 2.04 bits per heavy atom. The third kappa shape index (κ3) is 2.96. The van der Waals surface area contributed by atoms with Gasteiger partial charge in [-0.1, -0.05) is 6.58 Å². The number of carbonyl (C=O) groups excluding carboxylic acids is 1. The number of amides is 1. The first-order valence-corrected chi connectivity index (χ1v) is 9.49. The second-order valence-corrected chi connectivity index (χ2v) is 7.81. The molecule has 2 aliphatic rings. The Balaban J connectivity index is 1.66. The highest BCUT2D eigenvalue weighted by atomic mass is 16.2. The lowest BCUT2D eigenvalue weighted by molar-refractivity contribution is 0.0584. The Labute approximate surface area is 159 Å². The molecule has 0 bridgehead atoms. The zero-order valence-electron chi connectivity index (χ0n) is 16.4. The summed E-state index contributed by atoms with van der Waals surface area (Å²) in [5.74, 6) is 0.673. The van der Waals surface area contributed by atoms with E-state index in [4.69, 9.17) is 5.10 Å². The third-order valence-corrected chi connectivity index (χ3v) is 5.56. The summed E-state index contributed by atoms with van der Waals surface area (Å²) in [6.45, 7) is 13.4. The highest BCUT2D eigenvalue weighted by Crippen LogP contribution is 2.32. The van der Waals surface area contributed by atoms with E-state index in [0.717, 1.165) is 34.5 Å². The topological polar surface area (TPSA) is 75.9 Å². The minimum absolute atomic E-state index is 0.0367. The minimum Gasteiger partial charge on any atom is -0.328 e. The van der Waals surface area contributed by atoms with Crippen LogP contribution in [0.3, 0.4) is 0 Å². The second-order valence-electron chi connectivity index (χ2n) is 7.81. The summed E-state index contributed by atoms with van der Waals surface area (Å²) < 4.78 is 1.93. The Hall–Kier alpha value is -2.54. The summed E-state index contributed by atoms with van der Waals surface area (Å²) >= 11 is 0. The van der Waals surface area contributed by atoms with Crippen LogP contribution < -0.4 is 5.32 Å². The predicted molar refractivity (Wildman–Crippen MR) is 103 cm³/mol. The van der Waals surface area contributed by atoms with Gasteiger partial charge in [0.15, 0.2) is 5.82 Å². The molecule has 7 heteroatoms. The number of carbonyl (C=O) groups is 1. The van der Waals surface area contributed by atoms with Crippen molar-refractivity contribution >= 4 is 11.5 Å². The molecule has 0 saturated carbocycles. The van der Waals surface area contributed by atoms with Crippen LogP contribution in [-0.4, -0.2) is 43.1 Å². The van der Waals surface area contributed by atoms with E-state index in [1.165, 1.54) is 0 Å². The van der Waals surface area contributed by atoms with Crippen LogP contribution in [-0.2, 0) is 13.0 Å². The van der Waals surface area contributed by atoms with Crippen LogP contribution >= 0.6 is 0 Å². The minimum atomic E-state index is -0.103. The Morgan fingerprint density at radius 3 is 2.70 bits per heavy atom. The molecule has 3 atom stereocenters. The molecule has 7 nitrogen and oxygen atoms in total. The van der Waals surface area contributed by atoms with Crippen molar-refractivity contribution in [1.82, 2.24) is 30.0 Å². The molecule has 142 valence electrons. The maximum atomic E-state index is 13.3. The molecule has 4 rings (SSSR count). The number of hydrogen-bond acceptors (Lipinski definition) is 5. The summed E-state index contributed by atoms with van der Waals surface area (Å²) in [5, 5.41) is 8.22. The lowest BCUT2D eigenvalue weighted by Gasteiger charge is -2.36. The first kappa shape index (κ1) is 17.9. The molecule has 2 aromatic heterocycles. The lowest BCUT2D eigenvalue weighted by Crippen LogP contribution is -2.44. The monoisotopic (exact) mass is 366 g/mol. The molecule has 0 radical (unpaired) electrons. The van der Waals surface area contributed by atoms with E-state index in [-0.39, 0.29) is 18.0 Å². The van der Waals surface area contributed by atoms with Crippen molar-refractivity contribution < 1.29 is 4.79 Å². The van der Waals surface area contributed by atoms with Crippen LogP contribution in [0.1, 0.15) is 72.9 Å². The van der Waals surface area contributed by atoms with Gasteiger partial charge in [-0.05, 0) is 33.3 Å². The fraction of sp³-hybridized carbons (Fsp3) is 0.500. The molecule has 2 aliphatic heterocycles. The first-order valence-electron chi connectivity index (χ1n) is 9.49. The van der Waals surface area contributed by atoms with Crippen molar-refractivity contribution in [1.29, 1.82) is 0 Å². The van der Waals surface area contributed by atoms with Gasteiger partial charge < -0.3 is 10.2 Å². The van der Waals surface area contributed by atoms with Gasteiger partial charge in [0.25, 0.3) is 5.91 Å². The van der Waals surface area contributed by atoms with E-state index in [1.807, 2.05) is 23.4 Å². The number of nitrogens with one attached hydrogen (secondary N) is 1. The van der Waals surface area contributed by atoms with Crippen LogP contribution in [0.5, 0.6) is 0 Å². The average Bonchev–Trinajstić information content (AvgIpc) is 3.03. The van der Waals surface area contributed by atoms with Gasteiger partial charge in [0.1, 0.15) is 5.69 Å². The van der Waals surface area contributed by atoms with Crippen molar-refractivity contribution in [3.8, 4) is 0 Å². The molecule has 0 spiro atoms. The van der Waals surface area contributed by atoms with Crippen LogP contribution in [0.25, 0.3) is 5.57 Å². The zero-order chi connectivity index (χ0) is 19.3. The van der Waals surface area contributed by atoms with Gasteiger partial charge in [-0.15, -0.1) is 0 Å². The van der Waals surface area contributed by atoms with Gasteiger partial charge in [-0.2, -0.15) is 5.10 Å². The Morgan fingerprint density at radius 1 is 1.33 bits per heavy atom. The molecule has 1 unspecified atom stereocenters. The normalized spacial score (nSPS) is 23.0. The zero-order valence-corrected chi connectivity index (χ0v) is 16.4. The average molecular weight is 366 g/mol. The van der Waals surface area contributed by atoms with E-state index < -0.39 is 0 Å². The molecular formula is C20H26N6O. The summed E-state index contributed by atoms with van der Waals surface area (Å²) in [4.78, 5) is 24.0. The van der Waals surface area contributed by atoms with Crippen LogP contribution in [0, 0.1) is 0 Å². The highest BCUT2D eigenvalue weighted by molar-refractivity contribution is 5.95. The summed E-state index contributed by atoms with van der Waals surface area (Å²) in [5.41, 5.74) is 4.59. The molecular weight excluding hydrogens is 340 g/mol. The van der Waals surface area contributed by atoms with E-state index in [2.05, 4.69) is 35.7 Å². The quantitative estimate of drug-likeness (QED) is 0.903. The number of nitrogens with zero attached hydrogens (tertiary/aromatic N) is 5. The molecule has 2 aromatic rings. The van der Waals surface area contributed by atoms with Gasteiger partial charge in [-0.3, -0.25) is 9.48 Å². The molecule has 0 saturated heterocycles. The van der Waals surface area contributed by atoms with Gasteiger partial charge in [0.2, 0.25) is 0 Å². The van der Waals surface area contributed by atoms with E-state index in [0.29, 0.717) is 25.0 Å². The van der Waals surface area contributed by atoms with Crippen LogP contribution in [0.4, 0.5) is 0 Å². The van der Waals surface area contributed by atoms with Crippen molar-refractivity contribution in [3.05, 3.63) is 47.3 Å². The Bertz CT molecular complexity index is 900. The molecule has 27 heavy (non-hydrogen) atoms. The second kappa shape index (κ2) is 6.56. The van der Waals surface area contributed by atoms with Crippen molar-refractivity contribution in [2.24, 2.45) is 0 Å². The smallest absolute Gasteiger partial charge is 0.273 e. The molecule has 1 N–H and O–H groups in total. The van der Waals surface area contributed by atoms with E-state index >= 15 is 0 Å². The van der Waals surface area contributed by atoms with Gasteiger partial charge in [0.05, 0.1) is 17.8 Å². The molecule has 1 amide bonds.